The van der Waals surface area contributed by atoms with Crippen LogP contribution in [0.5, 0.6) is 0 Å². The molecule has 3 rings (SSSR count). The molecule has 6 heteroatoms. The van der Waals surface area contributed by atoms with E-state index in [4.69, 9.17) is 0 Å². The van der Waals surface area contributed by atoms with Gasteiger partial charge < -0.3 is 10.2 Å². The monoisotopic (exact) mass is 355 g/mol. The standard InChI is InChI=1S/C19H21N3O2S/c1-3-17(23)22-10-8-15(9-11-22)14-4-6-16(7-5-14)21-19(24)18-13(2)25-12-20-18/h3-7,12,15H,1,8-11H2,2H3,(H,21,24). The molecule has 5 nitrogen and oxygen atoms in total. The van der Waals surface area contributed by atoms with Gasteiger partial charge in [-0.25, -0.2) is 4.98 Å². The van der Waals surface area contributed by atoms with Gasteiger partial charge in [0.1, 0.15) is 5.69 Å². The predicted octanol–water partition coefficient (Wildman–Crippen LogP) is 3.60. The molecule has 0 aliphatic carbocycles. The topological polar surface area (TPSA) is 62.3 Å². The summed E-state index contributed by atoms with van der Waals surface area (Å²) in [5.74, 6) is 0.274. The average Bonchev–Trinajstić information content (AvgIpc) is 3.08. The van der Waals surface area contributed by atoms with Gasteiger partial charge in [-0.3, -0.25) is 9.59 Å². The highest BCUT2D eigenvalue weighted by molar-refractivity contribution is 7.09. The van der Waals surface area contributed by atoms with E-state index >= 15 is 0 Å². The molecule has 0 spiro atoms. The lowest BCUT2D eigenvalue weighted by Crippen LogP contribution is -2.36. The molecule has 0 atom stereocenters. The highest BCUT2D eigenvalue weighted by atomic mass is 32.1. The van der Waals surface area contributed by atoms with Gasteiger partial charge in [-0.15, -0.1) is 11.3 Å². The van der Waals surface area contributed by atoms with Crippen LogP contribution in [-0.4, -0.2) is 34.8 Å². The molecule has 130 valence electrons. The van der Waals surface area contributed by atoms with Crippen molar-refractivity contribution in [2.45, 2.75) is 25.7 Å². The molecule has 0 radical (unpaired) electrons. The molecule has 1 saturated heterocycles. The Morgan fingerprint density at radius 1 is 1.28 bits per heavy atom. The van der Waals surface area contributed by atoms with Gasteiger partial charge in [0.25, 0.3) is 5.91 Å². The van der Waals surface area contributed by atoms with Gasteiger partial charge in [0.2, 0.25) is 5.91 Å². The second kappa shape index (κ2) is 7.61. The zero-order chi connectivity index (χ0) is 17.8. The third-order valence-corrected chi connectivity index (χ3v) is 5.34. The first-order valence-electron chi connectivity index (χ1n) is 8.31. The summed E-state index contributed by atoms with van der Waals surface area (Å²) < 4.78 is 0. The first-order chi connectivity index (χ1) is 12.1. The van der Waals surface area contributed by atoms with Crippen LogP contribution in [0.2, 0.25) is 0 Å². The number of carbonyl (C=O) groups is 2. The van der Waals surface area contributed by atoms with Crippen LogP contribution in [0.25, 0.3) is 0 Å². The van der Waals surface area contributed by atoms with Crippen LogP contribution < -0.4 is 5.32 Å². The second-order valence-corrected chi connectivity index (χ2v) is 7.20. The fourth-order valence-electron chi connectivity index (χ4n) is 3.11. The van der Waals surface area contributed by atoms with Crippen molar-refractivity contribution >= 4 is 28.8 Å². The zero-order valence-electron chi connectivity index (χ0n) is 14.2. The second-order valence-electron chi connectivity index (χ2n) is 6.14. The molecule has 2 amide bonds. The number of hydrogen-bond donors (Lipinski definition) is 1. The van der Waals surface area contributed by atoms with Crippen LogP contribution in [0.3, 0.4) is 0 Å². The summed E-state index contributed by atoms with van der Waals surface area (Å²) >= 11 is 1.46. The Balaban J connectivity index is 1.59. The highest BCUT2D eigenvalue weighted by Gasteiger charge is 2.22. The van der Waals surface area contributed by atoms with Crippen molar-refractivity contribution in [2.24, 2.45) is 0 Å². The summed E-state index contributed by atoms with van der Waals surface area (Å²) in [4.78, 5) is 30.7. The zero-order valence-corrected chi connectivity index (χ0v) is 15.0. The van der Waals surface area contributed by atoms with Gasteiger partial charge in [-0.2, -0.15) is 0 Å². The van der Waals surface area contributed by atoms with Crippen LogP contribution >= 0.6 is 11.3 Å². The normalized spacial score (nSPS) is 15.0. The number of benzene rings is 1. The molecule has 0 bridgehead atoms. The van der Waals surface area contributed by atoms with Gasteiger partial charge >= 0.3 is 0 Å². The summed E-state index contributed by atoms with van der Waals surface area (Å²) in [6.45, 7) is 6.95. The van der Waals surface area contributed by atoms with E-state index in [2.05, 4.69) is 29.0 Å². The van der Waals surface area contributed by atoms with E-state index in [1.807, 2.05) is 24.0 Å². The maximum Gasteiger partial charge on any atom is 0.275 e. The minimum absolute atomic E-state index is 0.00819. The number of hydrogen-bond acceptors (Lipinski definition) is 4. The molecule has 0 unspecified atom stereocenters. The molecule has 1 aromatic heterocycles. The smallest absolute Gasteiger partial charge is 0.275 e. The van der Waals surface area contributed by atoms with Crippen molar-refractivity contribution in [3.05, 3.63) is 58.6 Å². The number of nitrogens with zero attached hydrogens (tertiary/aromatic N) is 2. The van der Waals surface area contributed by atoms with Gasteiger partial charge in [0.15, 0.2) is 0 Å². The van der Waals surface area contributed by atoms with Crippen LogP contribution in [0.4, 0.5) is 5.69 Å². The lowest BCUT2D eigenvalue weighted by Gasteiger charge is -2.31. The van der Waals surface area contributed by atoms with Gasteiger partial charge in [-0.05, 0) is 49.5 Å². The van der Waals surface area contributed by atoms with Crippen molar-refractivity contribution in [2.75, 3.05) is 18.4 Å². The maximum atomic E-state index is 12.2. The SMILES string of the molecule is C=CC(=O)N1CCC(c2ccc(NC(=O)c3ncsc3C)cc2)CC1. The molecular weight excluding hydrogens is 334 g/mol. The average molecular weight is 355 g/mol. The molecule has 1 aliphatic rings. The van der Waals surface area contributed by atoms with E-state index in [0.29, 0.717) is 11.6 Å². The summed E-state index contributed by atoms with van der Waals surface area (Å²) in [6.07, 6.45) is 3.27. The summed E-state index contributed by atoms with van der Waals surface area (Å²) in [5.41, 5.74) is 4.17. The maximum absolute atomic E-state index is 12.2. The fraction of sp³-hybridized carbons (Fsp3) is 0.316. The van der Waals surface area contributed by atoms with Crippen molar-refractivity contribution < 1.29 is 9.59 Å². The molecule has 1 aromatic carbocycles. The number of piperidine rings is 1. The molecule has 25 heavy (non-hydrogen) atoms. The lowest BCUT2D eigenvalue weighted by atomic mass is 9.89. The minimum atomic E-state index is -0.178. The number of rotatable bonds is 4. The lowest BCUT2D eigenvalue weighted by molar-refractivity contribution is -0.127. The van der Waals surface area contributed by atoms with Crippen LogP contribution in [-0.2, 0) is 4.79 Å². The molecule has 0 saturated carbocycles. The van der Waals surface area contributed by atoms with Crippen molar-refractivity contribution in [1.82, 2.24) is 9.88 Å². The quantitative estimate of drug-likeness (QED) is 0.853. The van der Waals surface area contributed by atoms with Gasteiger partial charge in [0, 0.05) is 23.7 Å². The highest BCUT2D eigenvalue weighted by Crippen LogP contribution is 2.29. The Hall–Kier alpha value is -2.47. The Labute approximate surface area is 151 Å². The molecule has 1 N–H and O–H groups in total. The predicted molar refractivity (Wildman–Crippen MR) is 100.0 cm³/mol. The Kier molecular flexibility index (Phi) is 5.28. The Morgan fingerprint density at radius 3 is 2.52 bits per heavy atom. The number of amides is 2. The van der Waals surface area contributed by atoms with Crippen LogP contribution in [0, 0.1) is 6.92 Å². The van der Waals surface area contributed by atoms with E-state index in [1.165, 1.54) is 23.0 Å². The van der Waals surface area contributed by atoms with Crippen molar-refractivity contribution in [3.63, 3.8) is 0 Å². The number of thiazole rings is 1. The van der Waals surface area contributed by atoms with E-state index in [1.54, 1.807) is 5.51 Å². The first kappa shape index (κ1) is 17.4. The number of nitrogens with one attached hydrogen (secondary N) is 1. The van der Waals surface area contributed by atoms with Crippen LogP contribution in [0.1, 0.15) is 39.7 Å². The number of likely N-dealkylation sites (tertiary alicyclic amines) is 1. The Bertz CT molecular complexity index is 774. The minimum Gasteiger partial charge on any atom is -0.339 e. The van der Waals surface area contributed by atoms with Gasteiger partial charge in [-0.1, -0.05) is 18.7 Å². The third-order valence-electron chi connectivity index (χ3n) is 4.58. The van der Waals surface area contributed by atoms with Crippen LogP contribution in [0.15, 0.2) is 42.4 Å². The Morgan fingerprint density at radius 2 is 1.96 bits per heavy atom. The molecule has 1 fully saturated rings. The molecule has 1 aliphatic heterocycles. The summed E-state index contributed by atoms with van der Waals surface area (Å²) in [6, 6.07) is 7.96. The number of aryl methyl sites for hydroxylation is 1. The third kappa shape index (κ3) is 3.96. The molecular formula is C19H21N3O2S. The van der Waals surface area contributed by atoms with E-state index in [-0.39, 0.29) is 11.8 Å². The van der Waals surface area contributed by atoms with E-state index < -0.39 is 0 Å². The number of aromatic nitrogens is 1. The first-order valence-corrected chi connectivity index (χ1v) is 9.19. The number of anilines is 1. The van der Waals surface area contributed by atoms with E-state index in [9.17, 15) is 9.59 Å². The fourth-order valence-corrected chi connectivity index (χ4v) is 3.69. The van der Waals surface area contributed by atoms with E-state index in [0.717, 1.165) is 36.5 Å². The summed E-state index contributed by atoms with van der Waals surface area (Å²) in [7, 11) is 0. The number of carbonyl (C=O) groups excluding carboxylic acids is 2. The largest absolute Gasteiger partial charge is 0.339 e. The van der Waals surface area contributed by atoms with Crippen molar-refractivity contribution in [3.8, 4) is 0 Å². The molecule has 2 aromatic rings. The molecule has 2 heterocycles. The summed E-state index contributed by atoms with van der Waals surface area (Å²) in [5, 5.41) is 2.89. The van der Waals surface area contributed by atoms with Gasteiger partial charge in [0.05, 0.1) is 5.51 Å². The van der Waals surface area contributed by atoms with Crippen molar-refractivity contribution in [1.29, 1.82) is 0 Å².